The molecule has 6 rings (SSSR count). The zero-order valence-corrected chi connectivity index (χ0v) is 32.4. The molecule has 3 aromatic carbocycles. The third-order valence-electron chi connectivity index (χ3n) is 11.1. The van der Waals surface area contributed by atoms with Crippen molar-refractivity contribution >= 4 is 17.8 Å². The number of halogens is 3. The van der Waals surface area contributed by atoms with E-state index in [1.165, 1.54) is 33.0 Å². The van der Waals surface area contributed by atoms with E-state index >= 15 is 0 Å². The third-order valence-corrected chi connectivity index (χ3v) is 11.1. The lowest BCUT2D eigenvalue weighted by Crippen LogP contribution is -2.41. The second-order valence-corrected chi connectivity index (χ2v) is 14.4. The number of hydrogen-bond acceptors (Lipinski definition) is 7. The quantitative estimate of drug-likeness (QED) is 0.0942. The molecule has 12 heteroatoms. The Bertz CT molecular complexity index is 2030. The Morgan fingerprint density at radius 1 is 0.911 bits per heavy atom. The molecule has 1 atom stereocenters. The highest BCUT2D eigenvalue weighted by Gasteiger charge is 2.42. The third kappa shape index (κ3) is 8.86. The number of methoxy groups -OCH3 is 3. The number of nitrogens with zero attached hydrogens (tertiary/aromatic N) is 4. The molecule has 3 heterocycles. The van der Waals surface area contributed by atoms with E-state index in [0.717, 1.165) is 44.6 Å². The summed E-state index contributed by atoms with van der Waals surface area (Å²) < 4.78 is 58.8. The van der Waals surface area contributed by atoms with Gasteiger partial charge >= 0.3 is 6.18 Å². The van der Waals surface area contributed by atoms with Gasteiger partial charge in [-0.2, -0.15) is 13.2 Å². The van der Waals surface area contributed by atoms with Gasteiger partial charge in [0.25, 0.3) is 5.91 Å². The average Bonchev–Trinajstić information content (AvgIpc) is 3.84. The van der Waals surface area contributed by atoms with E-state index in [-0.39, 0.29) is 35.4 Å². The maximum atomic E-state index is 14.0. The van der Waals surface area contributed by atoms with Gasteiger partial charge in [-0.3, -0.25) is 9.59 Å². The number of carbonyl (C=O) groups is 2. The molecule has 0 N–H and O–H groups in total. The number of imidazole rings is 1. The largest absolute Gasteiger partial charge is 0.493 e. The smallest absolute Gasteiger partial charge is 0.416 e. The summed E-state index contributed by atoms with van der Waals surface area (Å²) in [5.41, 5.74) is 1.75. The number of aromatic nitrogens is 2. The fourth-order valence-electron chi connectivity index (χ4n) is 7.96. The van der Waals surface area contributed by atoms with Crippen molar-refractivity contribution in [2.24, 2.45) is 5.92 Å². The Hall–Kier alpha value is -5.36. The Morgan fingerprint density at radius 2 is 1.62 bits per heavy atom. The van der Waals surface area contributed by atoms with Gasteiger partial charge in [0.1, 0.15) is 0 Å². The van der Waals surface area contributed by atoms with Crippen molar-refractivity contribution < 1.29 is 37.0 Å². The van der Waals surface area contributed by atoms with E-state index in [1.807, 2.05) is 54.3 Å². The maximum Gasteiger partial charge on any atom is 0.416 e. The molecule has 1 unspecified atom stereocenters. The number of hydrogen-bond donors (Lipinski definition) is 0. The summed E-state index contributed by atoms with van der Waals surface area (Å²) in [7, 11) is 4.59. The van der Waals surface area contributed by atoms with Gasteiger partial charge in [-0.1, -0.05) is 60.7 Å². The minimum absolute atomic E-state index is 0.0833. The van der Waals surface area contributed by atoms with Crippen LogP contribution < -0.4 is 14.2 Å². The molecular weight excluding hydrogens is 722 g/mol. The molecule has 2 aliphatic heterocycles. The maximum absolute atomic E-state index is 14.0. The molecule has 1 aromatic heterocycles. The van der Waals surface area contributed by atoms with Crippen molar-refractivity contribution in [2.45, 2.75) is 50.7 Å². The fourth-order valence-corrected chi connectivity index (χ4v) is 7.96. The summed E-state index contributed by atoms with van der Waals surface area (Å²) in [6, 6.07) is 18.9. The number of Topliss-reactive ketones (excluding diaryl/α,β-unsaturated/α-hetero) is 1. The van der Waals surface area contributed by atoms with E-state index in [9.17, 15) is 22.8 Å². The summed E-state index contributed by atoms with van der Waals surface area (Å²) >= 11 is 0. The van der Waals surface area contributed by atoms with E-state index < -0.39 is 11.7 Å². The minimum Gasteiger partial charge on any atom is -0.493 e. The summed E-state index contributed by atoms with van der Waals surface area (Å²) in [5, 5.41) is 0. The highest BCUT2D eigenvalue weighted by atomic mass is 19.4. The fraction of sp³-hybridized carbons (Fsp3) is 0.386. The molecule has 0 aliphatic carbocycles. The molecular formula is C44H49F3N4O5. The van der Waals surface area contributed by atoms with E-state index in [4.69, 9.17) is 14.2 Å². The van der Waals surface area contributed by atoms with Crippen molar-refractivity contribution in [3.8, 4) is 17.2 Å². The SMILES string of the molecule is C/C=C/C=C/c1cnc(C(=O)C2CCN(CCC3(c4ccccc4)CCN(C(=O)c4cc(OC)c(OC)c(OC)c4)C3)CC2)n1Cc1cccc(C(F)(F)F)c1. The predicted octanol–water partition coefficient (Wildman–Crippen LogP) is 8.33. The van der Waals surface area contributed by atoms with Gasteiger partial charge in [0.15, 0.2) is 17.3 Å². The number of ketones is 1. The first kappa shape index (κ1) is 40.3. The first-order valence-electron chi connectivity index (χ1n) is 18.9. The predicted molar refractivity (Wildman–Crippen MR) is 209 cm³/mol. The first-order valence-corrected chi connectivity index (χ1v) is 18.9. The normalized spacial score (nSPS) is 18.2. The van der Waals surface area contributed by atoms with Gasteiger partial charge in [-0.05, 0) is 93.7 Å². The molecule has 0 spiro atoms. The number of likely N-dealkylation sites (tertiary alicyclic amines) is 2. The van der Waals surface area contributed by atoms with Gasteiger partial charge in [-0.15, -0.1) is 0 Å². The van der Waals surface area contributed by atoms with Crippen LogP contribution in [0.3, 0.4) is 0 Å². The lowest BCUT2D eigenvalue weighted by Gasteiger charge is -2.36. The summed E-state index contributed by atoms with van der Waals surface area (Å²) in [5.74, 6) is 1.07. The lowest BCUT2D eigenvalue weighted by molar-refractivity contribution is -0.137. The van der Waals surface area contributed by atoms with Crippen LogP contribution in [0.2, 0.25) is 0 Å². The molecule has 2 saturated heterocycles. The number of allylic oxidation sites excluding steroid dienone is 3. The van der Waals surface area contributed by atoms with Crippen LogP contribution in [0.4, 0.5) is 13.2 Å². The zero-order chi connectivity index (χ0) is 39.9. The van der Waals surface area contributed by atoms with Crippen molar-refractivity contribution in [3.63, 3.8) is 0 Å². The molecule has 1 amide bonds. The van der Waals surface area contributed by atoms with Gasteiger partial charge in [0.05, 0.1) is 38.8 Å². The number of ether oxygens (including phenoxy) is 3. The minimum atomic E-state index is -4.47. The number of amides is 1. The van der Waals surface area contributed by atoms with Crippen molar-refractivity contribution in [2.75, 3.05) is 54.1 Å². The highest BCUT2D eigenvalue weighted by molar-refractivity contribution is 5.96. The Morgan fingerprint density at radius 3 is 2.27 bits per heavy atom. The van der Waals surface area contributed by atoms with Crippen LogP contribution in [-0.2, 0) is 18.1 Å². The van der Waals surface area contributed by atoms with Gasteiger partial charge in [0, 0.05) is 36.5 Å². The van der Waals surface area contributed by atoms with E-state index in [2.05, 4.69) is 22.0 Å². The average molecular weight is 771 g/mol. The molecule has 9 nitrogen and oxygen atoms in total. The van der Waals surface area contributed by atoms with Crippen LogP contribution in [0.5, 0.6) is 17.2 Å². The number of alkyl halides is 3. The van der Waals surface area contributed by atoms with Crippen LogP contribution in [0.25, 0.3) is 6.08 Å². The molecule has 2 fully saturated rings. The molecule has 0 bridgehead atoms. The van der Waals surface area contributed by atoms with Crippen LogP contribution in [0, 0.1) is 5.92 Å². The van der Waals surface area contributed by atoms with Gasteiger partial charge < -0.3 is 28.6 Å². The van der Waals surface area contributed by atoms with E-state index in [0.29, 0.717) is 60.0 Å². The van der Waals surface area contributed by atoms with Gasteiger partial charge in [0.2, 0.25) is 11.5 Å². The highest BCUT2D eigenvalue weighted by Crippen LogP contribution is 2.42. The summed E-state index contributed by atoms with van der Waals surface area (Å²) in [6.45, 7) is 5.36. The number of benzene rings is 3. The Balaban J connectivity index is 1.14. The van der Waals surface area contributed by atoms with Crippen LogP contribution >= 0.6 is 0 Å². The number of carbonyl (C=O) groups excluding carboxylic acids is 2. The molecule has 0 radical (unpaired) electrons. The number of piperidine rings is 1. The second-order valence-electron chi connectivity index (χ2n) is 14.4. The van der Waals surface area contributed by atoms with Crippen LogP contribution in [-0.4, -0.2) is 85.1 Å². The topological polar surface area (TPSA) is 86.1 Å². The molecule has 4 aromatic rings. The molecule has 296 valence electrons. The standard InChI is InChI=1S/C44H49F3N4O5/c1-5-6-8-16-36-28-48-41(51(36)29-31-12-11-15-35(25-31)44(45,46)47)39(52)32-17-21-49(22-18-32)23-19-43(34-13-9-7-10-14-34)20-24-50(30-43)42(53)33-26-37(54-2)40(56-4)38(27-33)55-3/h5-16,25-28,32H,17-24,29-30H2,1-4H3/b6-5+,16-8+. The second kappa shape index (κ2) is 17.6. The first-order chi connectivity index (χ1) is 27.0. The van der Waals surface area contributed by atoms with Crippen molar-refractivity contribution in [3.05, 3.63) is 125 Å². The summed E-state index contributed by atoms with van der Waals surface area (Å²) in [6.07, 6.45) is 7.40. The monoisotopic (exact) mass is 770 g/mol. The van der Waals surface area contributed by atoms with Crippen molar-refractivity contribution in [1.29, 1.82) is 0 Å². The van der Waals surface area contributed by atoms with E-state index in [1.54, 1.807) is 29.0 Å². The van der Waals surface area contributed by atoms with Crippen LogP contribution in [0.1, 0.15) is 76.0 Å². The summed E-state index contributed by atoms with van der Waals surface area (Å²) in [4.78, 5) is 36.8. The molecule has 2 aliphatic rings. The molecule has 0 saturated carbocycles. The number of rotatable bonds is 14. The van der Waals surface area contributed by atoms with Crippen molar-refractivity contribution in [1.82, 2.24) is 19.4 Å². The lowest BCUT2D eigenvalue weighted by atomic mass is 9.76. The Labute approximate surface area is 326 Å². The van der Waals surface area contributed by atoms with Crippen LogP contribution in [0.15, 0.2) is 91.2 Å². The molecule has 56 heavy (non-hydrogen) atoms. The Kier molecular flexibility index (Phi) is 12.7. The zero-order valence-electron chi connectivity index (χ0n) is 32.4. The van der Waals surface area contributed by atoms with Gasteiger partial charge in [-0.25, -0.2) is 4.98 Å².